The molecule has 0 aliphatic heterocycles. The molecule has 2 amide bonds. The summed E-state index contributed by atoms with van der Waals surface area (Å²) < 4.78 is 15.9. The number of carbonyl (C=O) groups is 1. The lowest BCUT2D eigenvalue weighted by Gasteiger charge is -2.15. The van der Waals surface area contributed by atoms with Crippen LogP contribution in [-0.4, -0.2) is 33.6 Å². The van der Waals surface area contributed by atoms with Gasteiger partial charge in [-0.2, -0.15) is 5.10 Å². The molecule has 0 saturated carbocycles. The van der Waals surface area contributed by atoms with Crippen molar-refractivity contribution < 1.29 is 14.3 Å². The molecule has 2 rings (SSSR count). The van der Waals surface area contributed by atoms with Gasteiger partial charge >= 0.3 is 6.03 Å². The van der Waals surface area contributed by atoms with Gasteiger partial charge in [0.15, 0.2) is 5.82 Å². The van der Waals surface area contributed by atoms with Crippen molar-refractivity contribution in [2.24, 2.45) is 5.92 Å². The largest absolute Gasteiger partial charge is 0.393 e. The van der Waals surface area contributed by atoms with Crippen LogP contribution >= 0.6 is 0 Å². The molecular formula is C18H25FN4O2. The second-order valence-electron chi connectivity index (χ2n) is 6.53. The fourth-order valence-electron chi connectivity index (χ4n) is 2.74. The van der Waals surface area contributed by atoms with Crippen LogP contribution in [0, 0.1) is 25.6 Å². The number of aliphatic hydroxyl groups is 1. The molecule has 0 spiro atoms. The maximum Gasteiger partial charge on any atom is 0.319 e. The molecular weight excluding hydrogens is 323 g/mol. The minimum absolute atomic E-state index is 0.149. The Kier molecular flexibility index (Phi) is 6.14. The fourth-order valence-corrected chi connectivity index (χ4v) is 2.74. The van der Waals surface area contributed by atoms with Gasteiger partial charge in [0.05, 0.1) is 11.8 Å². The third-order valence-corrected chi connectivity index (χ3v) is 3.80. The van der Waals surface area contributed by atoms with Crippen LogP contribution in [-0.2, 0) is 0 Å². The number of anilines is 1. The molecule has 1 aromatic heterocycles. The van der Waals surface area contributed by atoms with Crippen LogP contribution in [0.1, 0.15) is 31.7 Å². The Morgan fingerprint density at radius 1 is 1.32 bits per heavy atom. The zero-order chi connectivity index (χ0) is 18.6. The summed E-state index contributed by atoms with van der Waals surface area (Å²) in [5.74, 6) is -0.317. The van der Waals surface area contributed by atoms with E-state index in [0.29, 0.717) is 24.3 Å². The number of aromatic nitrogens is 2. The van der Waals surface area contributed by atoms with Gasteiger partial charge in [-0.3, -0.25) is 0 Å². The fraction of sp³-hybridized carbons (Fsp3) is 0.444. The number of carbonyl (C=O) groups excluding carboxylic acids is 1. The summed E-state index contributed by atoms with van der Waals surface area (Å²) in [5, 5.41) is 18.9. The third-order valence-electron chi connectivity index (χ3n) is 3.80. The van der Waals surface area contributed by atoms with E-state index in [2.05, 4.69) is 15.7 Å². The van der Waals surface area contributed by atoms with Gasteiger partial charge in [0.25, 0.3) is 0 Å². The van der Waals surface area contributed by atoms with Crippen molar-refractivity contribution in [3.63, 3.8) is 0 Å². The first-order valence-corrected chi connectivity index (χ1v) is 8.32. The number of hydrogen-bond donors (Lipinski definition) is 3. The lowest BCUT2D eigenvalue weighted by Crippen LogP contribution is -2.33. The Hall–Kier alpha value is -2.41. The van der Waals surface area contributed by atoms with E-state index in [1.807, 2.05) is 26.8 Å². The number of amides is 2. The first-order valence-electron chi connectivity index (χ1n) is 8.32. The molecule has 1 heterocycles. The van der Waals surface area contributed by atoms with E-state index in [1.54, 1.807) is 19.1 Å². The van der Waals surface area contributed by atoms with Gasteiger partial charge < -0.3 is 15.7 Å². The van der Waals surface area contributed by atoms with Crippen LogP contribution in [0.3, 0.4) is 0 Å². The number of aliphatic hydroxyl groups excluding tert-OH is 1. The van der Waals surface area contributed by atoms with Crippen molar-refractivity contribution in [2.45, 2.75) is 40.2 Å². The Bertz CT molecular complexity index is 743. The molecule has 2 atom stereocenters. The molecule has 25 heavy (non-hydrogen) atoms. The number of halogens is 1. The standard InChI is InChI=1S/C18H25FN4O2/c1-11(7-14(4)24)10-20-18(25)21-15-5-6-17(16(19)9-15)23-13(3)8-12(2)22-23/h5-6,8-9,11,14,24H,7,10H2,1-4H3,(H2,20,21,25). The van der Waals surface area contributed by atoms with E-state index in [4.69, 9.17) is 0 Å². The van der Waals surface area contributed by atoms with E-state index in [1.165, 1.54) is 10.7 Å². The van der Waals surface area contributed by atoms with Crippen LogP contribution < -0.4 is 10.6 Å². The summed E-state index contributed by atoms with van der Waals surface area (Å²) in [7, 11) is 0. The van der Waals surface area contributed by atoms with Gasteiger partial charge in [0.1, 0.15) is 5.69 Å². The number of aryl methyl sites for hydroxylation is 2. The van der Waals surface area contributed by atoms with Crippen molar-refractivity contribution in [2.75, 3.05) is 11.9 Å². The number of rotatable bonds is 6. The van der Waals surface area contributed by atoms with Crippen LogP contribution in [0.15, 0.2) is 24.3 Å². The molecule has 0 bridgehead atoms. The van der Waals surface area contributed by atoms with Gasteiger partial charge in [-0.15, -0.1) is 0 Å². The minimum atomic E-state index is -0.466. The molecule has 6 nitrogen and oxygen atoms in total. The van der Waals surface area contributed by atoms with E-state index in [0.717, 1.165) is 11.4 Å². The van der Waals surface area contributed by atoms with Gasteiger partial charge in [-0.05, 0) is 57.4 Å². The Balaban J connectivity index is 1.98. The molecule has 0 aliphatic rings. The Morgan fingerprint density at radius 2 is 2.04 bits per heavy atom. The number of benzene rings is 1. The second kappa shape index (κ2) is 8.11. The molecule has 1 aromatic carbocycles. The van der Waals surface area contributed by atoms with Crippen molar-refractivity contribution in [3.05, 3.63) is 41.5 Å². The van der Waals surface area contributed by atoms with Crippen molar-refractivity contribution in [1.29, 1.82) is 0 Å². The van der Waals surface area contributed by atoms with E-state index < -0.39 is 18.0 Å². The number of urea groups is 1. The summed E-state index contributed by atoms with van der Waals surface area (Å²) in [4.78, 5) is 11.9. The van der Waals surface area contributed by atoms with Crippen LogP contribution in [0.5, 0.6) is 0 Å². The summed E-state index contributed by atoms with van der Waals surface area (Å²) >= 11 is 0. The average Bonchev–Trinajstić information content (AvgIpc) is 2.83. The van der Waals surface area contributed by atoms with Crippen molar-refractivity contribution >= 4 is 11.7 Å². The topological polar surface area (TPSA) is 79.2 Å². The minimum Gasteiger partial charge on any atom is -0.393 e. The lowest BCUT2D eigenvalue weighted by molar-refractivity contribution is 0.163. The molecule has 2 unspecified atom stereocenters. The number of nitrogens with one attached hydrogen (secondary N) is 2. The highest BCUT2D eigenvalue weighted by atomic mass is 19.1. The second-order valence-corrected chi connectivity index (χ2v) is 6.53. The van der Waals surface area contributed by atoms with E-state index in [9.17, 15) is 14.3 Å². The quantitative estimate of drug-likeness (QED) is 0.750. The van der Waals surface area contributed by atoms with E-state index >= 15 is 0 Å². The zero-order valence-corrected chi connectivity index (χ0v) is 15.0. The predicted molar refractivity (Wildman–Crippen MR) is 95.5 cm³/mol. The molecule has 7 heteroatoms. The summed E-state index contributed by atoms with van der Waals surface area (Å²) in [6, 6.07) is 5.95. The van der Waals surface area contributed by atoms with Gasteiger partial charge in [-0.25, -0.2) is 13.9 Å². The van der Waals surface area contributed by atoms with Gasteiger partial charge in [0.2, 0.25) is 0 Å². The predicted octanol–water partition coefficient (Wildman–Crippen LogP) is 3.16. The first-order chi connectivity index (χ1) is 11.8. The highest BCUT2D eigenvalue weighted by molar-refractivity contribution is 5.89. The summed E-state index contributed by atoms with van der Waals surface area (Å²) in [6.45, 7) is 7.79. The molecule has 0 radical (unpaired) electrons. The smallest absolute Gasteiger partial charge is 0.319 e. The summed E-state index contributed by atoms with van der Waals surface area (Å²) in [6.07, 6.45) is 0.197. The highest BCUT2D eigenvalue weighted by Gasteiger charge is 2.12. The SMILES string of the molecule is Cc1cc(C)n(-c2ccc(NC(=O)NCC(C)CC(C)O)cc2F)n1. The number of hydrogen-bond acceptors (Lipinski definition) is 3. The summed E-state index contributed by atoms with van der Waals surface area (Å²) in [5.41, 5.74) is 2.34. The monoisotopic (exact) mass is 348 g/mol. The Morgan fingerprint density at radius 3 is 2.60 bits per heavy atom. The van der Waals surface area contributed by atoms with Crippen LogP contribution in [0.25, 0.3) is 5.69 Å². The zero-order valence-electron chi connectivity index (χ0n) is 15.0. The van der Waals surface area contributed by atoms with Crippen molar-refractivity contribution in [3.8, 4) is 5.69 Å². The maximum atomic E-state index is 14.4. The highest BCUT2D eigenvalue weighted by Crippen LogP contribution is 2.20. The molecule has 3 N–H and O–H groups in total. The molecule has 0 fully saturated rings. The molecule has 136 valence electrons. The van der Waals surface area contributed by atoms with E-state index in [-0.39, 0.29) is 5.92 Å². The van der Waals surface area contributed by atoms with Crippen molar-refractivity contribution in [1.82, 2.24) is 15.1 Å². The molecule has 0 aliphatic carbocycles. The van der Waals surface area contributed by atoms with Crippen LogP contribution in [0.4, 0.5) is 14.9 Å². The maximum absolute atomic E-state index is 14.4. The van der Waals surface area contributed by atoms with Gasteiger partial charge in [0, 0.05) is 17.9 Å². The number of nitrogens with zero attached hydrogens (tertiary/aromatic N) is 2. The molecule has 2 aromatic rings. The van der Waals surface area contributed by atoms with Gasteiger partial charge in [-0.1, -0.05) is 6.92 Å². The first kappa shape index (κ1) is 18.9. The molecule has 0 saturated heterocycles. The van der Waals surface area contributed by atoms with Crippen LogP contribution in [0.2, 0.25) is 0 Å². The third kappa shape index (κ3) is 5.29. The lowest BCUT2D eigenvalue weighted by atomic mass is 10.1. The Labute approximate surface area is 147 Å². The normalized spacial score (nSPS) is 13.4. The average molecular weight is 348 g/mol.